The van der Waals surface area contributed by atoms with Crippen molar-refractivity contribution in [3.63, 3.8) is 0 Å². The molecule has 0 spiro atoms. The third-order valence-electron chi connectivity index (χ3n) is 2.92. The molecule has 0 aromatic carbocycles. The van der Waals surface area contributed by atoms with E-state index in [4.69, 9.17) is 5.73 Å². The lowest BCUT2D eigenvalue weighted by Gasteiger charge is -2.30. The quantitative estimate of drug-likeness (QED) is 0.628. The summed E-state index contributed by atoms with van der Waals surface area (Å²) >= 11 is 0. The molecular weight excluding hydrogens is 136 g/mol. The number of hydrogen-bond acceptors (Lipinski definition) is 2. The molecule has 0 bridgehead atoms. The summed E-state index contributed by atoms with van der Waals surface area (Å²) < 4.78 is 0. The normalized spacial score (nSPS) is 35.2. The summed E-state index contributed by atoms with van der Waals surface area (Å²) in [6, 6.07) is 1.15. The van der Waals surface area contributed by atoms with Gasteiger partial charge in [-0.15, -0.1) is 0 Å². The first kappa shape index (κ1) is 9.01. The fraction of sp³-hybridized carbons (Fsp3) is 1.00. The van der Waals surface area contributed by atoms with E-state index in [2.05, 4.69) is 19.3 Å². The van der Waals surface area contributed by atoms with Gasteiger partial charge >= 0.3 is 0 Å². The summed E-state index contributed by atoms with van der Waals surface area (Å²) in [6.45, 7) is 2.13. The molecule has 0 radical (unpaired) electrons. The van der Waals surface area contributed by atoms with Crippen molar-refractivity contribution < 1.29 is 0 Å². The summed E-state index contributed by atoms with van der Waals surface area (Å²) in [5.41, 5.74) is 5.83. The Kier molecular flexibility index (Phi) is 3.34. The lowest BCUT2D eigenvalue weighted by Crippen LogP contribution is -2.36. The van der Waals surface area contributed by atoms with E-state index >= 15 is 0 Å². The van der Waals surface area contributed by atoms with E-state index in [0.29, 0.717) is 6.04 Å². The molecule has 0 aromatic heterocycles. The molecule has 0 saturated heterocycles. The van der Waals surface area contributed by atoms with Crippen molar-refractivity contribution in [1.29, 1.82) is 0 Å². The number of rotatable bonds is 2. The molecule has 0 aliphatic heterocycles. The minimum atomic E-state index is 0.396. The van der Waals surface area contributed by atoms with Crippen molar-refractivity contribution in [3.05, 3.63) is 0 Å². The largest absolute Gasteiger partial charge is 0.328 e. The van der Waals surface area contributed by atoms with Crippen LogP contribution in [-0.2, 0) is 0 Å². The zero-order valence-corrected chi connectivity index (χ0v) is 7.64. The molecular formula is C9H20N2. The van der Waals surface area contributed by atoms with E-state index in [9.17, 15) is 0 Å². The van der Waals surface area contributed by atoms with Gasteiger partial charge in [-0.05, 0) is 45.6 Å². The van der Waals surface area contributed by atoms with Gasteiger partial charge in [-0.25, -0.2) is 0 Å². The van der Waals surface area contributed by atoms with Gasteiger partial charge in [0.25, 0.3) is 0 Å². The molecule has 1 saturated carbocycles. The Balaban J connectivity index is 2.24. The molecule has 1 rings (SSSR count). The predicted molar refractivity (Wildman–Crippen MR) is 48.5 cm³/mol. The molecule has 66 valence electrons. The average molecular weight is 156 g/mol. The van der Waals surface area contributed by atoms with Crippen LogP contribution >= 0.6 is 0 Å². The van der Waals surface area contributed by atoms with Crippen LogP contribution < -0.4 is 11.1 Å². The minimum Gasteiger partial charge on any atom is -0.328 e. The van der Waals surface area contributed by atoms with Crippen molar-refractivity contribution in [1.82, 2.24) is 5.32 Å². The van der Waals surface area contributed by atoms with Crippen LogP contribution in [0.3, 0.4) is 0 Å². The highest BCUT2D eigenvalue weighted by Gasteiger charge is 2.21. The highest BCUT2D eigenvalue weighted by Crippen LogP contribution is 2.25. The van der Waals surface area contributed by atoms with Crippen LogP contribution in [0.25, 0.3) is 0 Å². The number of nitrogens with two attached hydrogens (primary N) is 1. The lowest BCUT2D eigenvalue weighted by atomic mass is 9.82. The van der Waals surface area contributed by atoms with Crippen LogP contribution in [0, 0.1) is 5.92 Å². The van der Waals surface area contributed by atoms with Crippen LogP contribution in [0.5, 0.6) is 0 Å². The Bertz CT molecular complexity index is 104. The van der Waals surface area contributed by atoms with Gasteiger partial charge in [-0.2, -0.15) is 0 Å². The second-order valence-corrected chi connectivity index (χ2v) is 3.76. The molecule has 2 nitrogen and oxygen atoms in total. The Labute approximate surface area is 69.5 Å². The fourth-order valence-electron chi connectivity index (χ4n) is 1.93. The Morgan fingerprint density at radius 3 is 2.18 bits per heavy atom. The van der Waals surface area contributed by atoms with Gasteiger partial charge in [-0.3, -0.25) is 0 Å². The topological polar surface area (TPSA) is 38.0 Å². The van der Waals surface area contributed by atoms with Gasteiger partial charge in [0.1, 0.15) is 0 Å². The van der Waals surface area contributed by atoms with E-state index in [0.717, 1.165) is 12.0 Å². The average Bonchev–Trinajstić information content (AvgIpc) is 2.05. The Morgan fingerprint density at radius 1 is 1.27 bits per heavy atom. The van der Waals surface area contributed by atoms with Crippen LogP contribution in [0.4, 0.5) is 0 Å². The van der Waals surface area contributed by atoms with Crippen molar-refractivity contribution in [3.8, 4) is 0 Å². The predicted octanol–water partition coefficient (Wildman–Crippen LogP) is 1.11. The van der Waals surface area contributed by atoms with Gasteiger partial charge in [0.2, 0.25) is 0 Å². The molecule has 1 fully saturated rings. The highest BCUT2D eigenvalue weighted by molar-refractivity contribution is 4.79. The van der Waals surface area contributed by atoms with E-state index in [1.54, 1.807) is 0 Å². The Hall–Kier alpha value is -0.0800. The van der Waals surface area contributed by atoms with Crippen LogP contribution in [0.1, 0.15) is 32.6 Å². The first-order chi connectivity index (χ1) is 5.24. The first-order valence-electron chi connectivity index (χ1n) is 4.67. The lowest BCUT2D eigenvalue weighted by molar-refractivity contribution is 0.273. The summed E-state index contributed by atoms with van der Waals surface area (Å²) in [7, 11) is 2.05. The minimum absolute atomic E-state index is 0.396. The molecule has 3 N–H and O–H groups in total. The molecule has 0 aromatic rings. The number of hydrogen-bond donors (Lipinski definition) is 2. The van der Waals surface area contributed by atoms with Crippen LogP contribution in [0.15, 0.2) is 0 Å². The highest BCUT2D eigenvalue weighted by atomic mass is 14.9. The van der Waals surface area contributed by atoms with Gasteiger partial charge in [0.05, 0.1) is 0 Å². The molecule has 0 amide bonds. The van der Waals surface area contributed by atoms with Gasteiger partial charge in [0, 0.05) is 12.1 Å². The van der Waals surface area contributed by atoms with E-state index < -0.39 is 0 Å². The zero-order valence-electron chi connectivity index (χ0n) is 7.64. The van der Waals surface area contributed by atoms with E-state index in [-0.39, 0.29) is 0 Å². The molecule has 0 heterocycles. The Morgan fingerprint density at radius 2 is 1.82 bits per heavy atom. The first-order valence-corrected chi connectivity index (χ1v) is 4.67. The van der Waals surface area contributed by atoms with E-state index in [1.807, 2.05) is 0 Å². The molecule has 1 unspecified atom stereocenters. The van der Waals surface area contributed by atoms with Gasteiger partial charge in [0.15, 0.2) is 0 Å². The summed E-state index contributed by atoms with van der Waals surface area (Å²) in [4.78, 5) is 0. The number of nitrogens with one attached hydrogen (secondary N) is 1. The molecule has 1 aliphatic rings. The smallest absolute Gasteiger partial charge is 0.00642 e. The van der Waals surface area contributed by atoms with Gasteiger partial charge < -0.3 is 11.1 Å². The maximum Gasteiger partial charge on any atom is 0.00642 e. The zero-order chi connectivity index (χ0) is 8.27. The van der Waals surface area contributed by atoms with Gasteiger partial charge in [-0.1, -0.05) is 0 Å². The molecule has 1 atom stereocenters. The maximum atomic E-state index is 5.83. The monoisotopic (exact) mass is 156 g/mol. The van der Waals surface area contributed by atoms with Crippen molar-refractivity contribution in [2.45, 2.75) is 44.7 Å². The third-order valence-corrected chi connectivity index (χ3v) is 2.92. The molecule has 1 aliphatic carbocycles. The molecule has 2 heteroatoms. The van der Waals surface area contributed by atoms with Crippen molar-refractivity contribution in [2.24, 2.45) is 11.7 Å². The van der Waals surface area contributed by atoms with Crippen LogP contribution in [0.2, 0.25) is 0 Å². The second-order valence-electron chi connectivity index (χ2n) is 3.76. The fourth-order valence-corrected chi connectivity index (χ4v) is 1.93. The van der Waals surface area contributed by atoms with Crippen LogP contribution in [-0.4, -0.2) is 19.1 Å². The SMILES string of the molecule is CNC1CCC(C(C)N)CC1. The van der Waals surface area contributed by atoms with E-state index in [1.165, 1.54) is 25.7 Å². The summed E-state index contributed by atoms with van der Waals surface area (Å²) in [5.74, 6) is 0.777. The second kappa shape index (κ2) is 4.07. The van der Waals surface area contributed by atoms with Crippen molar-refractivity contribution >= 4 is 0 Å². The third kappa shape index (κ3) is 2.46. The summed E-state index contributed by atoms with van der Waals surface area (Å²) in [6.07, 6.45) is 5.23. The standard InChI is InChI=1S/C9H20N2/c1-7(10)8-3-5-9(11-2)6-4-8/h7-9,11H,3-6,10H2,1-2H3. The summed E-state index contributed by atoms with van der Waals surface area (Å²) in [5, 5.41) is 3.32. The van der Waals surface area contributed by atoms with Crippen molar-refractivity contribution in [2.75, 3.05) is 7.05 Å². The molecule has 11 heavy (non-hydrogen) atoms. The maximum absolute atomic E-state index is 5.83.